The van der Waals surface area contributed by atoms with Gasteiger partial charge in [0.2, 0.25) is 0 Å². The number of aryl methyl sites for hydroxylation is 1. The van der Waals surface area contributed by atoms with Crippen molar-refractivity contribution in [2.24, 2.45) is 0 Å². The fraction of sp³-hybridized carbons (Fsp3) is 0.250. The van der Waals surface area contributed by atoms with Gasteiger partial charge in [-0.1, -0.05) is 6.07 Å². The minimum absolute atomic E-state index is 0.367. The van der Waals surface area contributed by atoms with Crippen molar-refractivity contribution >= 4 is 0 Å². The predicted octanol–water partition coefficient (Wildman–Crippen LogP) is 3.23. The Morgan fingerprint density at radius 2 is 1.45 bits per heavy atom. The smallest absolute Gasteiger partial charge is 0.123 e. The van der Waals surface area contributed by atoms with Gasteiger partial charge in [0.1, 0.15) is 23.4 Å². The van der Waals surface area contributed by atoms with Gasteiger partial charge in [-0.05, 0) is 47.9 Å². The third-order valence-electron chi connectivity index (χ3n) is 3.07. The second kappa shape index (κ2) is 5.92. The molecule has 0 radical (unpaired) electrons. The molecule has 2 aromatic carbocycles. The first-order valence-electron chi connectivity index (χ1n) is 6.21. The number of ether oxygens (including phenoxy) is 2. The summed E-state index contributed by atoms with van der Waals surface area (Å²) in [5.74, 6) is 0.784. The van der Waals surface area contributed by atoms with E-state index in [0.29, 0.717) is 22.6 Å². The molecular weight excluding hydrogens is 259 g/mol. The van der Waals surface area contributed by atoms with E-state index in [9.17, 15) is 9.50 Å². The van der Waals surface area contributed by atoms with E-state index in [1.807, 2.05) is 0 Å². The van der Waals surface area contributed by atoms with E-state index in [-0.39, 0.29) is 5.82 Å². The zero-order chi connectivity index (χ0) is 14.7. The first kappa shape index (κ1) is 14.3. The topological polar surface area (TPSA) is 38.7 Å². The minimum Gasteiger partial charge on any atom is -0.497 e. The summed E-state index contributed by atoms with van der Waals surface area (Å²) in [5.41, 5.74) is 1.85. The van der Waals surface area contributed by atoms with Crippen molar-refractivity contribution < 1.29 is 19.0 Å². The largest absolute Gasteiger partial charge is 0.497 e. The molecule has 0 heterocycles. The highest BCUT2D eigenvalue weighted by molar-refractivity contribution is 5.42. The molecule has 0 saturated carbocycles. The third-order valence-corrected chi connectivity index (χ3v) is 3.07. The van der Waals surface area contributed by atoms with E-state index in [1.54, 1.807) is 31.2 Å². The summed E-state index contributed by atoms with van der Waals surface area (Å²) in [6.45, 7) is 1.78. The van der Waals surface area contributed by atoms with Gasteiger partial charge in [0.05, 0.1) is 14.2 Å². The summed E-state index contributed by atoms with van der Waals surface area (Å²) in [4.78, 5) is 0. The number of rotatable bonds is 4. The molecule has 106 valence electrons. The Hall–Kier alpha value is -2.07. The highest BCUT2D eigenvalue weighted by Gasteiger charge is 2.14. The van der Waals surface area contributed by atoms with Crippen molar-refractivity contribution in [3.63, 3.8) is 0 Å². The van der Waals surface area contributed by atoms with Gasteiger partial charge in [-0.25, -0.2) is 4.39 Å². The second-order valence-electron chi connectivity index (χ2n) is 4.61. The first-order chi connectivity index (χ1) is 9.53. The van der Waals surface area contributed by atoms with Crippen LogP contribution in [-0.2, 0) is 0 Å². The Kier molecular flexibility index (Phi) is 4.25. The predicted molar refractivity (Wildman–Crippen MR) is 74.7 cm³/mol. The van der Waals surface area contributed by atoms with Crippen LogP contribution in [0.25, 0.3) is 0 Å². The first-order valence-corrected chi connectivity index (χ1v) is 6.21. The van der Waals surface area contributed by atoms with Crippen molar-refractivity contribution in [1.29, 1.82) is 0 Å². The average molecular weight is 276 g/mol. The van der Waals surface area contributed by atoms with Gasteiger partial charge >= 0.3 is 0 Å². The molecule has 0 aliphatic rings. The van der Waals surface area contributed by atoms with Crippen molar-refractivity contribution in [3.8, 4) is 11.5 Å². The summed E-state index contributed by atoms with van der Waals surface area (Å²) >= 11 is 0. The van der Waals surface area contributed by atoms with Crippen LogP contribution in [0.5, 0.6) is 11.5 Å². The van der Waals surface area contributed by atoms with Crippen molar-refractivity contribution in [1.82, 2.24) is 0 Å². The number of hydrogen-bond donors (Lipinski definition) is 1. The summed E-state index contributed by atoms with van der Waals surface area (Å²) in [6.07, 6.45) is -0.937. The van der Waals surface area contributed by atoms with Gasteiger partial charge in [-0.3, -0.25) is 0 Å². The van der Waals surface area contributed by atoms with Crippen LogP contribution in [-0.4, -0.2) is 19.3 Å². The SMILES string of the molecule is COc1cc(OC)cc(C(O)c2cc(C)cc(F)c2)c1. The molecule has 1 N–H and O–H groups in total. The molecule has 0 aliphatic heterocycles. The summed E-state index contributed by atoms with van der Waals surface area (Å²) in [5, 5.41) is 10.4. The van der Waals surface area contributed by atoms with E-state index >= 15 is 0 Å². The summed E-state index contributed by atoms with van der Waals surface area (Å²) in [7, 11) is 3.08. The molecule has 0 spiro atoms. The van der Waals surface area contributed by atoms with Crippen molar-refractivity contribution in [3.05, 3.63) is 58.9 Å². The lowest BCUT2D eigenvalue weighted by atomic mass is 9.99. The molecule has 2 rings (SSSR count). The quantitative estimate of drug-likeness (QED) is 0.931. The molecule has 1 unspecified atom stereocenters. The van der Waals surface area contributed by atoms with Crippen LogP contribution in [0.1, 0.15) is 22.8 Å². The lowest BCUT2D eigenvalue weighted by Gasteiger charge is -2.15. The molecule has 0 fully saturated rings. The molecule has 0 bridgehead atoms. The summed E-state index contributed by atoms with van der Waals surface area (Å²) in [6, 6.07) is 9.61. The van der Waals surface area contributed by atoms with Crippen molar-refractivity contribution in [2.45, 2.75) is 13.0 Å². The maximum Gasteiger partial charge on any atom is 0.123 e. The van der Waals surface area contributed by atoms with Gasteiger partial charge in [-0.2, -0.15) is 0 Å². The van der Waals surface area contributed by atoms with Crippen LogP contribution in [0, 0.1) is 12.7 Å². The van der Waals surface area contributed by atoms with Gasteiger partial charge in [0, 0.05) is 6.07 Å². The molecule has 0 aromatic heterocycles. The Bertz CT molecular complexity index is 568. The maximum absolute atomic E-state index is 13.4. The monoisotopic (exact) mass is 276 g/mol. The van der Waals surface area contributed by atoms with Gasteiger partial charge < -0.3 is 14.6 Å². The molecule has 0 saturated heterocycles. The Morgan fingerprint density at radius 1 is 0.900 bits per heavy atom. The molecule has 0 aliphatic carbocycles. The zero-order valence-electron chi connectivity index (χ0n) is 11.7. The number of aliphatic hydroxyl groups is 1. The molecule has 3 nitrogen and oxygen atoms in total. The van der Waals surface area contributed by atoms with E-state index in [1.165, 1.54) is 26.4 Å². The fourth-order valence-corrected chi connectivity index (χ4v) is 2.10. The molecule has 4 heteroatoms. The van der Waals surface area contributed by atoms with E-state index < -0.39 is 6.10 Å². The number of benzene rings is 2. The molecule has 20 heavy (non-hydrogen) atoms. The van der Waals surface area contributed by atoms with Crippen LogP contribution >= 0.6 is 0 Å². The second-order valence-corrected chi connectivity index (χ2v) is 4.61. The van der Waals surface area contributed by atoms with E-state index in [4.69, 9.17) is 9.47 Å². The maximum atomic E-state index is 13.4. The minimum atomic E-state index is -0.937. The highest BCUT2D eigenvalue weighted by atomic mass is 19.1. The van der Waals surface area contributed by atoms with E-state index in [2.05, 4.69) is 0 Å². The average Bonchev–Trinajstić information content (AvgIpc) is 2.44. The highest BCUT2D eigenvalue weighted by Crippen LogP contribution is 2.30. The molecular formula is C16H17FO3. The van der Waals surface area contributed by atoms with Gasteiger partial charge in [-0.15, -0.1) is 0 Å². The molecule has 1 atom stereocenters. The van der Waals surface area contributed by atoms with Crippen LogP contribution in [0.2, 0.25) is 0 Å². The molecule has 0 amide bonds. The van der Waals surface area contributed by atoms with Crippen LogP contribution < -0.4 is 9.47 Å². The van der Waals surface area contributed by atoms with E-state index in [0.717, 1.165) is 5.56 Å². The number of halogens is 1. The van der Waals surface area contributed by atoms with Crippen LogP contribution in [0.4, 0.5) is 4.39 Å². The Labute approximate surface area is 117 Å². The standard InChI is InChI=1S/C16H17FO3/c1-10-4-11(6-13(17)5-10)16(18)12-7-14(19-2)9-15(8-12)20-3/h4-9,16,18H,1-3H3. The summed E-state index contributed by atoms with van der Waals surface area (Å²) < 4.78 is 23.8. The third kappa shape index (κ3) is 3.08. The number of methoxy groups -OCH3 is 2. The Morgan fingerprint density at radius 3 is 1.95 bits per heavy atom. The Balaban J connectivity index is 2.43. The normalized spacial score (nSPS) is 12.1. The number of hydrogen-bond acceptors (Lipinski definition) is 3. The van der Waals surface area contributed by atoms with Gasteiger partial charge in [0.15, 0.2) is 0 Å². The van der Waals surface area contributed by atoms with Gasteiger partial charge in [0.25, 0.3) is 0 Å². The van der Waals surface area contributed by atoms with Crippen LogP contribution in [0.15, 0.2) is 36.4 Å². The molecule has 2 aromatic rings. The zero-order valence-corrected chi connectivity index (χ0v) is 11.7. The number of aliphatic hydroxyl groups excluding tert-OH is 1. The lowest BCUT2D eigenvalue weighted by Crippen LogP contribution is -2.02. The fourth-order valence-electron chi connectivity index (χ4n) is 2.10. The van der Waals surface area contributed by atoms with Crippen molar-refractivity contribution in [2.75, 3.05) is 14.2 Å². The lowest BCUT2D eigenvalue weighted by molar-refractivity contribution is 0.218. The van der Waals surface area contributed by atoms with Crippen LogP contribution in [0.3, 0.4) is 0 Å².